The van der Waals surface area contributed by atoms with Crippen LogP contribution in [0.4, 0.5) is 10.1 Å². The molecule has 14 heavy (non-hydrogen) atoms. The molecule has 1 aromatic rings. The van der Waals surface area contributed by atoms with E-state index in [0.29, 0.717) is 13.0 Å². The third-order valence-electron chi connectivity index (χ3n) is 1.58. The number of anilines is 1. The second-order valence-corrected chi connectivity index (χ2v) is 5.31. The summed E-state index contributed by atoms with van der Waals surface area (Å²) in [7, 11) is 0. The molecule has 0 radical (unpaired) electrons. The first-order valence-corrected chi connectivity index (χ1v) is 5.17. The molecule has 0 atom stereocenters. The summed E-state index contributed by atoms with van der Waals surface area (Å²) >= 11 is 16.7. The van der Waals surface area contributed by atoms with Crippen LogP contribution in [-0.2, 0) is 0 Å². The molecule has 0 aliphatic carbocycles. The van der Waals surface area contributed by atoms with Gasteiger partial charge in [-0.3, -0.25) is 0 Å². The van der Waals surface area contributed by atoms with Crippen LogP contribution in [0.1, 0.15) is 6.42 Å². The molecule has 0 saturated heterocycles. The van der Waals surface area contributed by atoms with Crippen LogP contribution in [0.2, 0.25) is 0 Å². The Balaban J connectivity index is 2.35. The summed E-state index contributed by atoms with van der Waals surface area (Å²) < 4.78 is 11.3. The molecule has 1 N–H and O–H groups in total. The van der Waals surface area contributed by atoms with Gasteiger partial charge in [-0.2, -0.15) is 0 Å². The zero-order valence-corrected chi connectivity index (χ0v) is 9.50. The molecule has 1 rings (SSSR count). The summed E-state index contributed by atoms with van der Waals surface area (Å²) in [6.07, 6.45) is 0.398. The highest BCUT2D eigenvalue weighted by Gasteiger charge is 2.18. The normalized spacial score (nSPS) is 11.4. The van der Waals surface area contributed by atoms with Gasteiger partial charge in [-0.25, -0.2) is 4.39 Å². The third kappa shape index (κ3) is 4.89. The summed E-state index contributed by atoms with van der Waals surface area (Å²) in [6.45, 7) is 0.530. The van der Waals surface area contributed by atoms with E-state index in [2.05, 4.69) is 5.32 Å². The lowest BCUT2D eigenvalue weighted by atomic mass is 10.3. The van der Waals surface area contributed by atoms with E-state index < -0.39 is 3.79 Å². The first-order chi connectivity index (χ1) is 6.47. The molecule has 0 bridgehead atoms. The Labute approximate surface area is 97.2 Å². The Bertz CT molecular complexity index is 281. The minimum absolute atomic E-state index is 0.267. The van der Waals surface area contributed by atoms with Gasteiger partial charge in [0.05, 0.1) is 0 Å². The van der Waals surface area contributed by atoms with E-state index >= 15 is 0 Å². The zero-order valence-electron chi connectivity index (χ0n) is 7.24. The molecule has 0 aliphatic heterocycles. The van der Waals surface area contributed by atoms with Gasteiger partial charge in [0.2, 0.25) is 0 Å². The molecular formula is C9H9Cl3FN. The lowest BCUT2D eigenvalue weighted by Crippen LogP contribution is -2.11. The number of alkyl halides is 3. The lowest BCUT2D eigenvalue weighted by molar-refractivity contribution is 0.628. The van der Waals surface area contributed by atoms with Crippen LogP contribution in [0, 0.1) is 5.82 Å². The van der Waals surface area contributed by atoms with Crippen molar-refractivity contribution in [2.24, 2.45) is 0 Å². The molecule has 78 valence electrons. The van der Waals surface area contributed by atoms with Crippen molar-refractivity contribution >= 4 is 40.5 Å². The predicted molar refractivity (Wildman–Crippen MR) is 59.8 cm³/mol. The SMILES string of the molecule is Fc1ccc(NCCC(Cl)(Cl)Cl)cc1. The molecule has 0 unspecified atom stereocenters. The minimum atomic E-state index is -1.24. The van der Waals surface area contributed by atoms with Gasteiger partial charge in [-0.1, -0.05) is 34.8 Å². The fourth-order valence-electron chi connectivity index (χ4n) is 0.916. The van der Waals surface area contributed by atoms with Gasteiger partial charge in [-0.15, -0.1) is 0 Å². The number of benzene rings is 1. The summed E-state index contributed by atoms with van der Waals surface area (Å²) in [5.74, 6) is -0.267. The number of hydrogen-bond donors (Lipinski definition) is 1. The van der Waals surface area contributed by atoms with E-state index in [-0.39, 0.29) is 5.82 Å². The van der Waals surface area contributed by atoms with E-state index in [9.17, 15) is 4.39 Å². The molecule has 0 heterocycles. The van der Waals surface area contributed by atoms with Crippen molar-refractivity contribution in [1.29, 1.82) is 0 Å². The van der Waals surface area contributed by atoms with Crippen LogP contribution in [-0.4, -0.2) is 10.3 Å². The summed E-state index contributed by atoms with van der Waals surface area (Å²) in [6, 6.07) is 6.01. The number of halogens is 4. The van der Waals surface area contributed by atoms with Gasteiger partial charge in [-0.05, 0) is 24.3 Å². The Morgan fingerprint density at radius 1 is 1.14 bits per heavy atom. The summed E-state index contributed by atoms with van der Waals surface area (Å²) in [4.78, 5) is 0. The van der Waals surface area contributed by atoms with Crippen LogP contribution < -0.4 is 5.32 Å². The number of rotatable bonds is 3. The Kier molecular flexibility index (Phi) is 4.30. The smallest absolute Gasteiger partial charge is 0.192 e. The van der Waals surface area contributed by atoms with Crippen molar-refractivity contribution in [3.05, 3.63) is 30.1 Å². The van der Waals surface area contributed by atoms with Crippen molar-refractivity contribution in [1.82, 2.24) is 0 Å². The molecule has 0 aliphatic rings. The first-order valence-electron chi connectivity index (χ1n) is 4.03. The number of hydrogen-bond acceptors (Lipinski definition) is 1. The van der Waals surface area contributed by atoms with Crippen LogP contribution in [0.15, 0.2) is 24.3 Å². The molecule has 0 fully saturated rings. The van der Waals surface area contributed by atoms with E-state index in [1.165, 1.54) is 12.1 Å². The first kappa shape index (κ1) is 11.9. The maximum atomic E-state index is 12.5. The molecule has 0 aromatic heterocycles. The monoisotopic (exact) mass is 255 g/mol. The summed E-state index contributed by atoms with van der Waals surface area (Å²) in [5, 5.41) is 3.01. The van der Waals surface area contributed by atoms with Crippen molar-refractivity contribution in [3.63, 3.8) is 0 Å². The van der Waals surface area contributed by atoms with Crippen LogP contribution >= 0.6 is 34.8 Å². The summed E-state index contributed by atoms with van der Waals surface area (Å²) in [5.41, 5.74) is 0.806. The largest absolute Gasteiger partial charge is 0.385 e. The average Bonchev–Trinajstić information content (AvgIpc) is 2.06. The highest BCUT2D eigenvalue weighted by atomic mass is 35.6. The Morgan fingerprint density at radius 2 is 1.71 bits per heavy atom. The molecule has 0 amide bonds. The maximum absolute atomic E-state index is 12.5. The van der Waals surface area contributed by atoms with Crippen LogP contribution in [0.3, 0.4) is 0 Å². The third-order valence-corrected chi connectivity index (χ3v) is 2.15. The van der Waals surface area contributed by atoms with Gasteiger partial charge < -0.3 is 5.32 Å². The minimum Gasteiger partial charge on any atom is -0.385 e. The topological polar surface area (TPSA) is 12.0 Å². The van der Waals surface area contributed by atoms with Gasteiger partial charge in [0.1, 0.15) is 5.82 Å². The number of nitrogens with one attached hydrogen (secondary N) is 1. The van der Waals surface area contributed by atoms with Gasteiger partial charge in [0.15, 0.2) is 3.79 Å². The molecule has 0 saturated carbocycles. The van der Waals surface area contributed by atoms with E-state index in [1.54, 1.807) is 12.1 Å². The Morgan fingerprint density at radius 3 is 2.21 bits per heavy atom. The fourth-order valence-corrected chi connectivity index (χ4v) is 1.20. The van der Waals surface area contributed by atoms with E-state index in [4.69, 9.17) is 34.8 Å². The quantitative estimate of drug-likeness (QED) is 0.806. The fraction of sp³-hybridized carbons (Fsp3) is 0.333. The molecular weight excluding hydrogens is 247 g/mol. The second kappa shape index (κ2) is 5.06. The Hall–Kier alpha value is -0.180. The van der Waals surface area contributed by atoms with Crippen LogP contribution in [0.25, 0.3) is 0 Å². The van der Waals surface area contributed by atoms with Crippen molar-refractivity contribution in [2.45, 2.75) is 10.2 Å². The molecule has 5 heteroatoms. The van der Waals surface area contributed by atoms with Gasteiger partial charge in [0, 0.05) is 18.7 Å². The highest BCUT2D eigenvalue weighted by Crippen LogP contribution is 2.29. The van der Waals surface area contributed by atoms with E-state index in [0.717, 1.165) is 5.69 Å². The standard InChI is InChI=1S/C9H9Cl3FN/c10-9(11,12)5-6-14-8-3-1-7(13)2-4-8/h1-4,14H,5-6H2. The molecule has 1 aromatic carbocycles. The zero-order chi connectivity index (χ0) is 10.6. The van der Waals surface area contributed by atoms with Crippen molar-refractivity contribution in [2.75, 3.05) is 11.9 Å². The van der Waals surface area contributed by atoms with Gasteiger partial charge >= 0.3 is 0 Å². The molecule has 1 nitrogen and oxygen atoms in total. The predicted octanol–water partition coefficient (Wildman–Crippen LogP) is 4.00. The van der Waals surface area contributed by atoms with Gasteiger partial charge in [0.25, 0.3) is 0 Å². The van der Waals surface area contributed by atoms with Crippen molar-refractivity contribution in [3.8, 4) is 0 Å². The van der Waals surface area contributed by atoms with Crippen LogP contribution in [0.5, 0.6) is 0 Å². The van der Waals surface area contributed by atoms with E-state index in [1.807, 2.05) is 0 Å². The molecule has 0 spiro atoms. The maximum Gasteiger partial charge on any atom is 0.192 e. The average molecular weight is 257 g/mol. The second-order valence-electron chi connectivity index (χ2n) is 2.80. The van der Waals surface area contributed by atoms with Crippen molar-refractivity contribution < 1.29 is 4.39 Å². The highest BCUT2D eigenvalue weighted by molar-refractivity contribution is 6.67. The lowest BCUT2D eigenvalue weighted by Gasteiger charge is -2.11.